The number of hydrogen-bond donors (Lipinski definition) is 0. The lowest BCUT2D eigenvalue weighted by atomic mass is 10.2. The van der Waals surface area contributed by atoms with Crippen molar-refractivity contribution in [3.8, 4) is 0 Å². The van der Waals surface area contributed by atoms with Crippen LogP contribution in [0, 0.1) is 17.8 Å². The maximum atomic E-state index is 2.70. The van der Waals surface area contributed by atoms with E-state index in [1.807, 2.05) is 0 Å². The summed E-state index contributed by atoms with van der Waals surface area (Å²) in [7, 11) is -1.16. The molecule has 3 heteroatoms. The highest BCUT2D eigenvalue weighted by atomic mass is 29.2. The summed E-state index contributed by atoms with van der Waals surface area (Å²) in [6.07, 6.45) is 0. The Morgan fingerprint density at radius 1 is 0.857 bits per heavy atom. The van der Waals surface area contributed by atoms with E-state index in [9.17, 15) is 0 Å². The van der Waals surface area contributed by atoms with E-state index in [0.717, 1.165) is 26.8 Å². The Kier molecular flexibility index (Phi) is 7.22. The van der Waals surface area contributed by atoms with E-state index >= 15 is 0 Å². The first-order valence-corrected chi connectivity index (χ1v) is 17.4. The van der Waals surface area contributed by atoms with Crippen molar-refractivity contribution in [3.05, 3.63) is 54.1 Å². The average molecular weight is 422 g/mol. The molecule has 0 fully saturated rings. The van der Waals surface area contributed by atoms with Gasteiger partial charge in [-0.2, -0.15) is 0 Å². The topological polar surface area (TPSA) is 0 Å². The summed E-state index contributed by atoms with van der Waals surface area (Å²) in [4.78, 5) is 0. The largest absolute Gasteiger partial charge is 0.0915 e. The molecule has 2 aromatic carbocycles. The van der Waals surface area contributed by atoms with Crippen LogP contribution in [0.15, 0.2) is 48.5 Å². The minimum atomic E-state index is -1.61. The second-order valence-corrected chi connectivity index (χ2v) is 19.8. The third-order valence-electron chi connectivity index (χ3n) is 5.80. The molecular formula is C25H37Si3. The lowest BCUT2D eigenvalue weighted by Crippen LogP contribution is -2.55. The summed E-state index contributed by atoms with van der Waals surface area (Å²) in [5, 5.41) is 5.05. The zero-order chi connectivity index (χ0) is 20.3. The van der Waals surface area contributed by atoms with E-state index in [1.54, 1.807) is 21.1 Å². The van der Waals surface area contributed by atoms with Gasteiger partial charge in [-0.25, -0.2) is 0 Å². The summed E-state index contributed by atoms with van der Waals surface area (Å²) in [6, 6.07) is 25.3. The molecule has 1 heterocycles. The molecule has 2 aromatic rings. The highest BCUT2D eigenvalue weighted by Crippen LogP contribution is 2.29. The number of fused-ring (bicyclic) bond motifs is 4. The van der Waals surface area contributed by atoms with Crippen molar-refractivity contribution in [2.45, 2.75) is 65.7 Å². The Bertz CT molecular complexity index is 769. The molecule has 28 heavy (non-hydrogen) atoms. The Hall–Kier alpha value is -0.909. The van der Waals surface area contributed by atoms with E-state index < -0.39 is 16.4 Å². The first-order valence-electron chi connectivity index (χ1n) is 11.1. The van der Waals surface area contributed by atoms with Gasteiger partial charge in [0.05, 0.1) is 25.4 Å². The Labute approximate surface area is 178 Å². The van der Waals surface area contributed by atoms with Gasteiger partial charge < -0.3 is 0 Å². The van der Waals surface area contributed by atoms with E-state index in [0.29, 0.717) is 0 Å². The molecule has 3 rings (SSSR count). The summed E-state index contributed by atoms with van der Waals surface area (Å²) >= 11 is 0. The fraction of sp³-hybridized carbons (Fsp3) is 0.520. The Balaban J connectivity index is 2.18. The van der Waals surface area contributed by atoms with Gasteiger partial charge in [-0.05, 0) is 23.8 Å². The standard InChI is InChI=1S/C25H37Si3/c1-19(2)15-27-24-11-8-12-25(14-24)28(16-20(3)4,17-21(5)6)18-22-9-7-10-23(13-22)26-27/h7-14,19-21H,15-18H2,1-6H3. The minimum Gasteiger partial charge on any atom is -0.0668 e. The fourth-order valence-corrected chi connectivity index (χ4v) is 18.1. The quantitative estimate of drug-likeness (QED) is 0.596. The van der Waals surface area contributed by atoms with Crippen molar-refractivity contribution in [3.63, 3.8) is 0 Å². The van der Waals surface area contributed by atoms with Crippen molar-refractivity contribution in [2.75, 3.05) is 0 Å². The van der Waals surface area contributed by atoms with Gasteiger partial charge >= 0.3 is 0 Å². The number of benzene rings is 2. The van der Waals surface area contributed by atoms with Crippen LogP contribution in [0.3, 0.4) is 0 Å². The first-order chi connectivity index (χ1) is 13.3. The molecule has 0 saturated heterocycles. The minimum absolute atomic E-state index is 0.534. The molecule has 0 N–H and O–H groups in total. The monoisotopic (exact) mass is 421 g/mol. The van der Waals surface area contributed by atoms with Crippen molar-refractivity contribution in [2.24, 2.45) is 17.8 Å². The van der Waals surface area contributed by atoms with Gasteiger partial charge in [0.15, 0.2) is 0 Å². The summed E-state index contributed by atoms with van der Waals surface area (Å²) in [6.45, 7) is 14.5. The predicted octanol–water partition coefficient (Wildman–Crippen LogP) is 4.63. The van der Waals surface area contributed by atoms with E-state index in [2.05, 4.69) is 90.1 Å². The van der Waals surface area contributed by atoms with Crippen molar-refractivity contribution in [1.29, 1.82) is 0 Å². The van der Waals surface area contributed by atoms with Crippen LogP contribution in [0.1, 0.15) is 47.1 Å². The van der Waals surface area contributed by atoms with E-state index in [1.165, 1.54) is 24.2 Å². The van der Waals surface area contributed by atoms with Gasteiger partial charge in [0.2, 0.25) is 0 Å². The summed E-state index contributed by atoms with van der Waals surface area (Å²) in [5.41, 5.74) is 1.61. The van der Waals surface area contributed by atoms with Gasteiger partial charge in [-0.15, -0.1) is 0 Å². The van der Waals surface area contributed by atoms with Crippen LogP contribution in [0.5, 0.6) is 0 Å². The molecule has 0 amide bonds. The Morgan fingerprint density at radius 2 is 1.54 bits per heavy atom. The van der Waals surface area contributed by atoms with Crippen molar-refractivity contribution < 1.29 is 0 Å². The van der Waals surface area contributed by atoms with Crippen LogP contribution in [-0.2, 0) is 6.04 Å². The van der Waals surface area contributed by atoms with Gasteiger partial charge in [0.25, 0.3) is 0 Å². The SMILES string of the molecule is CC(C)C[Si]1[Si]c2cccc(c2)C[Si](CC(C)C)(CC(C)C)c2cccc1c2. The smallest absolute Gasteiger partial charge is 0.0668 e. The van der Waals surface area contributed by atoms with Gasteiger partial charge in [0, 0.05) is 0 Å². The van der Waals surface area contributed by atoms with E-state index in [4.69, 9.17) is 0 Å². The van der Waals surface area contributed by atoms with Crippen molar-refractivity contribution in [1.82, 2.24) is 0 Å². The third kappa shape index (κ3) is 5.37. The highest BCUT2D eigenvalue weighted by Gasteiger charge is 2.37. The normalized spacial score (nSPS) is 16.8. The molecule has 1 aliphatic heterocycles. The highest BCUT2D eigenvalue weighted by molar-refractivity contribution is 7.23. The molecule has 3 radical (unpaired) electrons. The van der Waals surface area contributed by atoms with E-state index in [-0.39, 0.29) is 0 Å². The molecule has 0 atom stereocenters. The molecule has 149 valence electrons. The van der Waals surface area contributed by atoms with Gasteiger partial charge in [-0.3, -0.25) is 0 Å². The second kappa shape index (κ2) is 9.27. The second-order valence-electron chi connectivity index (χ2n) is 10.1. The molecule has 1 aliphatic rings. The third-order valence-corrected chi connectivity index (χ3v) is 18.0. The van der Waals surface area contributed by atoms with Crippen LogP contribution in [0.25, 0.3) is 0 Å². The van der Waals surface area contributed by atoms with Crippen LogP contribution < -0.4 is 15.6 Å². The number of hydrogen-bond acceptors (Lipinski definition) is 0. The molecular weight excluding hydrogens is 385 g/mol. The average Bonchev–Trinajstić information content (AvgIpc) is 2.59. The maximum Gasteiger partial charge on any atom is 0.0915 e. The lowest BCUT2D eigenvalue weighted by Gasteiger charge is -2.37. The molecule has 0 unspecified atom stereocenters. The fourth-order valence-electron chi connectivity index (χ4n) is 5.14. The van der Waals surface area contributed by atoms with Crippen LogP contribution in [0.4, 0.5) is 0 Å². The zero-order valence-electron chi connectivity index (χ0n) is 18.7. The predicted molar refractivity (Wildman–Crippen MR) is 132 cm³/mol. The Morgan fingerprint density at radius 3 is 2.18 bits per heavy atom. The molecule has 0 aliphatic carbocycles. The molecule has 0 spiro atoms. The van der Waals surface area contributed by atoms with Crippen LogP contribution in [-0.4, -0.2) is 25.4 Å². The summed E-state index contributed by atoms with van der Waals surface area (Å²) in [5.74, 6) is 2.31. The lowest BCUT2D eigenvalue weighted by molar-refractivity contribution is 0.679. The van der Waals surface area contributed by atoms with Crippen LogP contribution in [0.2, 0.25) is 18.1 Å². The molecule has 0 nitrogen and oxygen atoms in total. The molecule has 0 aromatic heterocycles. The van der Waals surface area contributed by atoms with Gasteiger partial charge in [-0.1, -0.05) is 129 Å². The first kappa shape index (κ1) is 21.8. The van der Waals surface area contributed by atoms with Crippen LogP contribution >= 0.6 is 0 Å². The zero-order valence-corrected chi connectivity index (χ0v) is 21.7. The molecule has 0 saturated carbocycles. The maximum absolute atomic E-state index is 2.70. The number of rotatable bonds is 6. The van der Waals surface area contributed by atoms with Crippen molar-refractivity contribution >= 4 is 41.0 Å². The van der Waals surface area contributed by atoms with Gasteiger partial charge in [0.1, 0.15) is 0 Å². The molecule has 4 bridgehead atoms. The summed E-state index contributed by atoms with van der Waals surface area (Å²) < 4.78 is 0.